The average molecular weight is 338 g/mol. The number of nitrogens with one attached hydrogen (secondary N) is 1. The molecular formula is C15H22N4O5. The Kier molecular flexibility index (Phi) is 5.55. The Morgan fingerprint density at radius 3 is 2.71 bits per heavy atom. The Morgan fingerprint density at radius 2 is 2.08 bits per heavy atom. The van der Waals surface area contributed by atoms with E-state index in [1.165, 1.54) is 18.5 Å². The molecule has 0 radical (unpaired) electrons. The first-order chi connectivity index (χ1) is 11.3. The Bertz CT molecular complexity index is 848. The van der Waals surface area contributed by atoms with Crippen molar-refractivity contribution in [2.45, 2.75) is 52.4 Å². The lowest BCUT2D eigenvalue weighted by molar-refractivity contribution is -0.145. The fourth-order valence-corrected chi connectivity index (χ4v) is 2.61. The molecule has 0 aromatic carbocycles. The maximum absolute atomic E-state index is 12.4. The molecule has 2 aromatic rings. The largest absolute Gasteiger partial charge is 0.463 e. The van der Waals surface area contributed by atoms with Gasteiger partial charge in [0, 0.05) is 20.5 Å². The number of hydrogen-bond acceptors (Lipinski definition) is 6. The second kappa shape index (κ2) is 7.43. The van der Waals surface area contributed by atoms with Crippen LogP contribution in [-0.2, 0) is 29.7 Å². The molecule has 2 aromatic heterocycles. The molecule has 0 amide bonds. The molecular weight excluding hydrogens is 316 g/mol. The molecule has 0 saturated heterocycles. The molecule has 9 heteroatoms. The van der Waals surface area contributed by atoms with E-state index in [9.17, 15) is 14.4 Å². The smallest absolute Gasteiger partial charge is 0.332 e. The van der Waals surface area contributed by atoms with E-state index in [4.69, 9.17) is 9.84 Å². The van der Waals surface area contributed by atoms with Crippen LogP contribution in [0.4, 0.5) is 0 Å². The number of carbonyl (C=O) groups excluding carboxylic acids is 1. The zero-order valence-electron chi connectivity index (χ0n) is 14.0. The van der Waals surface area contributed by atoms with Gasteiger partial charge in [-0.05, 0) is 26.2 Å². The Balaban J connectivity index is 2.13. The van der Waals surface area contributed by atoms with E-state index in [1.807, 2.05) is 0 Å². The highest BCUT2D eigenvalue weighted by Gasteiger charge is 2.15. The normalized spacial score (nSPS) is 12.5. The number of aromatic amines is 1. The first-order valence-corrected chi connectivity index (χ1v) is 7.81. The van der Waals surface area contributed by atoms with Crippen molar-refractivity contribution in [3.05, 3.63) is 26.7 Å². The number of aryl methyl sites for hydroxylation is 1. The van der Waals surface area contributed by atoms with E-state index in [0.717, 1.165) is 4.57 Å². The number of esters is 1. The molecule has 0 bridgehead atoms. The van der Waals surface area contributed by atoms with Crippen LogP contribution in [0, 0.1) is 0 Å². The third-order valence-corrected chi connectivity index (χ3v) is 3.79. The predicted octanol–water partition coefficient (Wildman–Crippen LogP) is 0.0375. The van der Waals surface area contributed by atoms with Crippen LogP contribution in [0.25, 0.3) is 11.2 Å². The van der Waals surface area contributed by atoms with Gasteiger partial charge in [-0.1, -0.05) is 0 Å². The predicted molar refractivity (Wildman–Crippen MR) is 86.6 cm³/mol. The van der Waals surface area contributed by atoms with Crippen LogP contribution in [0.5, 0.6) is 0 Å². The number of ether oxygens (including phenoxy) is 1. The van der Waals surface area contributed by atoms with Crippen molar-refractivity contribution in [1.29, 1.82) is 0 Å². The molecule has 0 saturated carbocycles. The minimum absolute atomic E-state index is 0.191. The van der Waals surface area contributed by atoms with E-state index in [2.05, 4.69) is 9.97 Å². The minimum Gasteiger partial charge on any atom is -0.463 e. The highest BCUT2D eigenvalue weighted by Crippen LogP contribution is 2.07. The second-order valence-electron chi connectivity index (χ2n) is 5.75. The number of hydrogen-bond donors (Lipinski definition) is 2. The summed E-state index contributed by atoms with van der Waals surface area (Å²) in [7, 11) is 1.53. The molecule has 0 aliphatic carbocycles. The number of aliphatic hydroxyl groups is 1. The molecule has 0 spiro atoms. The van der Waals surface area contributed by atoms with Gasteiger partial charge in [0.25, 0.3) is 5.56 Å². The van der Waals surface area contributed by atoms with Gasteiger partial charge in [-0.2, -0.15) is 0 Å². The number of aliphatic hydroxyl groups excluding tert-OH is 1. The summed E-state index contributed by atoms with van der Waals surface area (Å²) in [6.07, 6.45) is 1.79. The SMILES string of the molecule is CC(=O)OC(C)CCCCn1c(=O)c2[nH]c(CO)nc2n(C)c1=O. The molecule has 2 rings (SSSR count). The van der Waals surface area contributed by atoms with Crippen molar-refractivity contribution in [2.75, 3.05) is 0 Å². The number of rotatable bonds is 7. The molecule has 24 heavy (non-hydrogen) atoms. The molecule has 9 nitrogen and oxygen atoms in total. The van der Waals surface area contributed by atoms with E-state index in [-0.39, 0.29) is 42.2 Å². The minimum atomic E-state index is -0.451. The van der Waals surface area contributed by atoms with Crippen molar-refractivity contribution in [2.24, 2.45) is 7.05 Å². The van der Waals surface area contributed by atoms with Gasteiger partial charge in [-0.25, -0.2) is 9.78 Å². The van der Waals surface area contributed by atoms with E-state index in [0.29, 0.717) is 19.3 Å². The second-order valence-corrected chi connectivity index (χ2v) is 5.75. The van der Waals surface area contributed by atoms with Gasteiger partial charge in [0.05, 0.1) is 6.10 Å². The molecule has 0 aliphatic heterocycles. The third kappa shape index (κ3) is 3.73. The fourth-order valence-electron chi connectivity index (χ4n) is 2.61. The van der Waals surface area contributed by atoms with Crippen LogP contribution >= 0.6 is 0 Å². The number of aromatic nitrogens is 4. The van der Waals surface area contributed by atoms with Gasteiger partial charge in [0.15, 0.2) is 5.65 Å². The first-order valence-electron chi connectivity index (χ1n) is 7.81. The number of H-pyrrole nitrogens is 1. The Hall–Kier alpha value is -2.42. The van der Waals surface area contributed by atoms with Crippen LogP contribution in [0.2, 0.25) is 0 Å². The van der Waals surface area contributed by atoms with Crippen LogP contribution in [0.1, 0.15) is 38.9 Å². The summed E-state index contributed by atoms with van der Waals surface area (Å²) in [4.78, 5) is 42.4. The molecule has 2 heterocycles. The summed E-state index contributed by atoms with van der Waals surface area (Å²) < 4.78 is 7.47. The van der Waals surface area contributed by atoms with Crippen LogP contribution in [0.3, 0.4) is 0 Å². The van der Waals surface area contributed by atoms with E-state index >= 15 is 0 Å². The lowest BCUT2D eigenvalue weighted by Crippen LogP contribution is -2.39. The monoisotopic (exact) mass is 338 g/mol. The third-order valence-electron chi connectivity index (χ3n) is 3.79. The standard InChI is InChI=1S/C15H22N4O5/c1-9(24-10(2)21)6-4-5-7-19-14(22)12-13(18(3)15(19)23)17-11(8-20)16-12/h9,20H,4-8H2,1-3H3,(H,16,17). The zero-order valence-corrected chi connectivity index (χ0v) is 14.0. The summed E-state index contributed by atoms with van der Waals surface area (Å²) in [5, 5.41) is 9.12. The number of fused-ring (bicyclic) bond motifs is 1. The maximum atomic E-state index is 12.4. The summed E-state index contributed by atoms with van der Waals surface area (Å²) in [5.41, 5.74) is -0.465. The number of imidazole rings is 1. The maximum Gasteiger partial charge on any atom is 0.332 e. The molecule has 2 N–H and O–H groups in total. The van der Waals surface area contributed by atoms with Crippen LogP contribution in [0.15, 0.2) is 9.59 Å². The molecule has 0 fully saturated rings. The number of nitrogens with zero attached hydrogens (tertiary/aromatic N) is 3. The van der Waals surface area contributed by atoms with Gasteiger partial charge in [-0.3, -0.25) is 18.7 Å². The number of carbonyl (C=O) groups is 1. The molecule has 1 unspecified atom stereocenters. The molecule has 1 atom stereocenters. The summed E-state index contributed by atoms with van der Waals surface area (Å²) in [6, 6.07) is 0. The topological polar surface area (TPSA) is 119 Å². The van der Waals surface area contributed by atoms with Gasteiger partial charge in [0.1, 0.15) is 17.9 Å². The van der Waals surface area contributed by atoms with Gasteiger partial charge < -0.3 is 14.8 Å². The van der Waals surface area contributed by atoms with Crippen molar-refractivity contribution >= 4 is 17.1 Å². The van der Waals surface area contributed by atoms with E-state index < -0.39 is 11.2 Å². The lowest BCUT2D eigenvalue weighted by atomic mass is 10.2. The Morgan fingerprint density at radius 1 is 1.38 bits per heavy atom. The first kappa shape index (κ1) is 17.9. The summed E-state index contributed by atoms with van der Waals surface area (Å²) >= 11 is 0. The van der Waals surface area contributed by atoms with Crippen LogP contribution < -0.4 is 11.2 Å². The van der Waals surface area contributed by atoms with Crippen LogP contribution in [-0.4, -0.2) is 36.3 Å². The summed E-state index contributed by atoms with van der Waals surface area (Å²) in [5.74, 6) is -0.0815. The van der Waals surface area contributed by atoms with Gasteiger partial charge in [-0.15, -0.1) is 0 Å². The highest BCUT2D eigenvalue weighted by atomic mass is 16.5. The quantitative estimate of drug-likeness (QED) is 0.543. The van der Waals surface area contributed by atoms with Crippen molar-refractivity contribution in [1.82, 2.24) is 19.1 Å². The Labute approximate surface area is 137 Å². The lowest BCUT2D eigenvalue weighted by Gasteiger charge is -2.12. The fraction of sp³-hybridized carbons (Fsp3) is 0.600. The zero-order chi connectivity index (χ0) is 17.9. The van der Waals surface area contributed by atoms with E-state index in [1.54, 1.807) is 6.92 Å². The molecule has 0 aliphatic rings. The van der Waals surface area contributed by atoms with Crippen molar-refractivity contribution < 1.29 is 14.6 Å². The highest BCUT2D eigenvalue weighted by molar-refractivity contribution is 5.69. The van der Waals surface area contributed by atoms with Gasteiger partial charge in [0.2, 0.25) is 0 Å². The summed E-state index contributed by atoms with van der Waals surface area (Å²) in [6.45, 7) is 3.09. The average Bonchev–Trinajstić information content (AvgIpc) is 2.96. The molecule has 132 valence electrons. The number of unbranched alkanes of at least 4 members (excludes halogenated alkanes) is 1. The van der Waals surface area contributed by atoms with Gasteiger partial charge >= 0.3 is 11.7 Å². The van der Waals surface area contributed by atoms with Crippen molar-refractivity contribution in [3.63, 3.8) is 0 Å². The van der Waals surface area contributed by atoms with Crippen molar-refractivity contribution in [3.8, 4) is 0 Å².